The van der Waals surface area contributed by atoms with Crippen LogP contribution in [0.5, 0.6) is 0 Å². The van der Waals surface area contributed by atoms with Gasteiger partial charge in [0.15, 0.2) is 6.61 Å². The summed E-state index contributed by atoms with van der Waals surface area (Å²) < 4.78 is 44.8. The van der Waals surface area contributed by atoms with Crippen LogP contribution in [0.4, 0.5) is 18.0 Å². The number of halogens is 3. The van der Waals surface area contributed by atoms with Crippen LogP contribution in [0, 0.1) is 0 Å². The molecule has 0 saturated heterocycles. The molecule has 0 bridgehead atoms. The van der Waals surface area contributed by atoms with E-state index in [2.05, 4.69) is 10.1 Å². The second-order valence-electron chi connectivity index (χ2n) is 4.60. The van der Waals surface area contributed by atoms with Gasteiger partial charge in [0, 0.05) is 13.2 Å². The van der Waals surface area contributed by atoms with Gasteiger partial charge in [0.05, 0.1) is 6.10 Å². The van der Waals surface area contributed by atoms with Crippen molar-refractivity contribution in [3.63, 3.8) is 0 Å². The Bertz CT molecular complexity index is 265. The maximum Gasteiger partial charge on any atom is 0.422 e. The molecule has 0 aliphatic heterocycles. The molecule has 1 fully saturated rings. The van der Waals surface area contributed by atoms with Gasteiger partial charge in [-0.25, -0.2) is 4.79 Å². The fourth-order valence-electron chi connectivity index (χ4n) is 1.94. The van der Waals surface area contributed by atoms with Gasteiger partial charge in [-0.2, -0.15) is 13.2 Å². The number of alkyl halides is 3. The van der Waals surface area contributed by atoms with E-state index in [0.29, 0.717) is 19.1 Å². The predicted molar refractivity (Wildman–Crippen MR) is 62.8 cm³/mol. The molecule has 0 unspecified atom stereocenters. The Morgan fingerprint density at radius 1 is 1.21 bits per heavy atom. The number of hydrogen-bond acceptors (Lipinski definition) is 3. The van der Waals surface area contributed by atoms with Gasteiger partial charge in [0.2, 0.25) is 0 Å². The van der Waals surface area contributed by atoms with E-state index in [1.807, 2.05) is 0 Å². The molecule has 112 valence electrons. The van der Waals surface area contributed by atoms with Gasteiger partial charge in [0.25, 0.3) is 0 Å². The summed E-state index contributed by atoms with van der Waals surface area (Å²) in [7, 11) is 0. The molecule has 0 aromatic heterocycles. The number of carbonyl (C=O) groups excluding carboxylic acids is 1. The average Bonchev–Trinajstić information content (AvgIpc) is 2.36. The van der Waals surface area contributed by atoms with Crippen LogP contribution >= 0.6 is 0 Å². The zero-order valence-corrected chi connectivity index (χ0v) is 10.8. The van der Waals surface area contributed by atoms with Gasteiger partial charge in [-0.3, -0.25) is 0 Å². The van der Waals surface area contributed by atoms with Crippen LogP contribution < -0.4 is 5.32 Å². The summed E-state index contributed by atoms with van der Waals surface area (Å²) in [6.45, 7) is -0.801. The van der Waals surface area contributed by atoms with E-state index in [9.17, 15) is 18.0 Å². The maximum atomic E-state index is 11.7. The fourth-order valence-corrected chi connectivity index (χ4v) is 1.94. The number of carbonyl (C=O) groups is 1. The van der Waals surface area contributed by atoms with Crippen LogP contribution in [0.15, 0.2) is 0 Å². The van der Waals surface area contributed by atoms with Crippen molar-refractivity contribution in [1.82, 2.24) is 5.32 Å². The third-order valence-electron chi connectivity index (χ3n) is 2.86. The van der Waals surface area contributed by atoms with E-state index in [4.69, 9.17) is 4.74 Å². The van der Waals surface area contributed by atoms with Crippen molar-refractivity contribution in [2.75, 3.05) is 19.8 Å². The summed E-state index contributed by atoms with van der Waals surface area (Å²) in [5.74, 6) is 0. The molecule has 19 heavy (non-hydrogen) atoms. The molecule has 1 N–H and O–H groups in total. The maximum absolute atomic E-state index is 11.7. The molecular formula is C12H20F3NO3. The molecule has 7 heteroatoms. The summed E-state index contributed by atoms with van der Waals surface area (Å²) in [5, 5.41) is 2.25. The number of rotatable bonds is 6. The Morgan fingerprint density at radius 3 is 2.53 bits per heavy atom. The van der Waals surface area contributed by atoms with Gasteiger partial charge < -0.3 is 14.8 Å². The minimum Gasteiger partial charge on any atom is -0.440 e. The summed E-state index contributed by atoms with van der Waals surface area (Å²) in [5.41, 5.74) is 0. The van der Waals surface area contributed by atoms with E-state index in [1.165, 1.54) is 19.3 Å². The predicted octanol–water partition coefficient (Wildman–Crippen LogP) is 3.01. The van der Waals surface area contributed by atoms with Crippen LogP contribution in [0.3, 0.4) is 0 Å². The molecule has 1 saturated carbocycles. The SMILES string of the molecule is O=C(NCCCOC1CCCCC1)OCC(F)(F)F. The van der Waals surface area contributed by atoms with Crippen LogP contribution in [-0.4, -0.2) is 38.1 Å². The van der Waals surface area contributed by atoms with Crippen molar-refractivity contribution in [2.24, 2.45) is 0 Å². The van der Waals surface area contributed by atoms with Crippen molar-refractivity contribution < 1.29 is 27.4 Å². The average molecular weight is 283 g/mol. The quantitative estimate of drug-likeness (QED) is 0.762. The van der Waals surface area contributed by atoms with E-state index in [0.717, 1.165) is 12.8 Å². The lowest BCUT2D eigenvalue weighted by molar-refractivity contribution is -0.160. The molecule has 0 aromatic rings. The molecule has 1 rings (SSSR count). The first-order chi connectivity index (χ1) is 8.97. The summed E-state index contributed by atoms with van der Waals surface area (Å²) in [6.07, 6.45) is 1.11. The first-order valence-corrected chi connectivity index (χ1v) is 6.56. The minimum atomic E-state index is -4.48. The Hall–Kier alpha value is -0.980. The molecule has 0 atom stereocenters. The summed E-state index contributed by atoms with van der Waals surface area (Å²) >= 11 is 0. The molecule has 1 aliphatic rings. The Kier molecular flexibility index (Phi) is 6.97. The highest BCUT2D eigenvalue weighted by Gasteiger charge is 2.29. The third kappa shape index (κ3) is 8.69. The lowest BCUT2D eigenvalue weighted by Crippen LogP contribution is -2.30. The molecule has 1 amide bonds. The van der Waals surface area contributed by atoms with Gasteiger partial charge >= 0.3 is 12.3 Å². The van der Waals surface area contributed by atoms with Crippen molar-refractivity contribution in [1.29, 1.82) is 0 Å². The van der Waals surface area contributed by atoms with E-state index in [1.54, 1.807) is 0 Å². The molecule has 0 heterocycles. The Balaban J connectivity index is 1.93. The first-order valence-electron chi connectivity index (χ1n) is 6.56. The number of hydrogen-bond donors (Lipinski definition) is 1. The van der Waals surface area contributed by atoms with Crippen LogP contribution in [0.2, 0.25) is 0 Å². The van der Waals surface area contributed by atoms with Crippen LogP contribution in [0.1, 0.15) is 38.5 Å². The second kappa shape index (κ2) is 8.24. The van der Waals surface area contributed by atoms with Gasteiger partial charge in [-0.05, 0) is 19.3 Å². The first kappa shape index (κ1) is 16.1. The topological polar surface area (TPSA) is 47.6 Å². The second-order valence-corrected chi connectivity index (χ2v) is 4.60. The molecule has 0 aromatic carbocycles. The smallest absolute Gasteiger partial charge is 0.422 e. The van der Waals surface area contributed by atoms with E-state index in [-0.39, 0.29) is 6.54 Å². The van der Waals surface area contributed by atoms with Crippen LogP contribution in [0.25, 0.3) is 0 Å². The normalized spacial score (nSPS) is 17.2. The Morgan fingerprint density at radius 2 is 1.89 bits per heavy atom. The van der Waals surface area contributed by atoms with Gasteiger partial charge in [-0.15, -0.1) is 0 Å². The zero-order valence-electron chi connectivity index (χ0n) is 10.8. The van der Waals surface area contributed by atoms with Crippen molar-refractivity contribution in [3.8, 4) is 0 Å². The van der Waals surface area contributed by atoms with Crippen molar-refractivity contribution in [2.45, 2.75) is 50.8 Å². The summed E-state index contributed by atoms with van der Waals surface area (Å²) in [4.78, 5) is 10.9. The molecular weight excluding hydrogens is 263 g/mol. The minimum absolute atomic E-state index is 0.253. The number of alkyl carbamates (subject to hydrolysis) is 1. The van der Waals surface area contributed by atoms with E-state index >= 15 is 0 Å². The lowest BCUT2D eigenvalue weighted by Gasteiger charge is -2.21. The largest absolute Gasteiger partial charge is 0.440 e. The number of ether oxygens (including phenoxy) is 2. The number of nitrogens with one attached hydrogen (secondary N) is 1. The zero-order chi connectivity index (χ0) is 14.1. The Labute approximate surface area is 110 Å². The molecule has 0 spiro atoms. The third-order valence-corrected chi connectivity index (χ3v) is 2.86. The van der Waals surface area contributed by atoms with Crippen molar-refractivity contribution in [3.05, 3.63) is 0 Å². The van der Waals surface area contributed by atoms with Crippen LogP contribution in [-0.2, 0) is 9.47 Å². The molecule has 4 nitrogen and oxygen atoms in total. The van der Waals surface area contributed by atoms with Gasteiger partial charge in [-0.1, -0.05) is 19.3 Å². The standard InChI is InChI=1S/C12H20F3NO3/c13-12(14,15)9-19-11(17)16-7-4-8-18-10-5-2-1-3-6-10/h10H,1-9H2,(H,16,17). The highest BCUT2D eigenvalue weighted by Crippen LogP contribution is 2.20. The van der Waals surface area contributed by atoms with Gasteiger partial charge in [0.1, 0.15) is 0 Å². The summed E-state index contributed by atoms with van der Waals surface area (Å²) in [6, 6.07) is 0. The monoisotopic (exact) mass is 283 g/mol. The number of amides is 1. The highest BCUT2D eigenvalue weighted by atomic mass is 19.4. The fraction of sp³-hybridized carbons (Fsp3) is 0.917. The van der Waals surface area contributed by atoms with E-state index < -0.39 is 18.9 Å². The van der Waals surface area contributed by atoms with Crippen molar-refractivity contribution >= 4 is 6.09 Å². The lowest BCUT2D eigenvalue weighted by atomic mass is 9.98. The molecule has 1 aliphatic carbocycles. The highest BCUT2D eigenvalue weighted by molar-refractivity contribution is 5.67. The molecule has 0 radical (unpaired) electrons.